The second-order valence-corrected chi connectivity index (χ2v) is 12.4. The molecule has 2 heterocycles. The molecule has 2 aliphatic rings. The molecule has 0 radical (unpaired) electrons. The number of hydrogen-bond donors (Lipinski definition) is 1. The number of thiazole rings is 1. The van der Waals surface area contributed by atoms with E-state index < -0.39 is 0 Å². The third-order valence-corrected chi connectivity index (χ3v) is 8.63. The molecule has 1 saturated heterocycles. The first-order chi connectivity index (χ1) is 18.3. The number of nitrogens with zero attached hydrogens (tertiary/aromatic N) is 2. The molecule has 0 spiro atoms. The van der Waals surface area contributed by atoms with Gasteiger partial charge in [0.1, 0.15) is 5.01 Å². The Morgan fingerprint density at radius 1 is 1.18 bits per heavy atom. The van der Waals surface area contributed by atoms with Crippen LogP contribution in [0.1, 0.15) is 49.2 Å². The summed E-state index contributed by atoms with van der Waals surface area (Å²) in [7, 11) is 1.66. The fourth-order valence-corrected chi connectivity index (χ4v) is 6.75. The van der Waals surface area contributed by atoms with Gasteiger partial charge in [-0.15, -0.1) is 11.3 Å². The molecule has 204 valence electrons. The summed E-state index contributed by atoms with van der Waals surface area (Å²) >= 11 is 1.58. The molecule has 0 saturated carbocycles. The van der Waals surface area contributed by atoms with Crippen molar-refractivity contribution in [1.82, 2.24) is 15.2 Å². The van der Waals surface area contributed by atoms with Gasteiger partial charge in [0.2, 0.25) is 5.91 Å². The van der Waals surface area contributed by atoms with Crippen molar-refractivity contribution >= 4 is 27.5 Å². The maximum atomic E-state index is 13.4. The van der Waals surface area contributed by atoms with Crippen molar-refractivity contribution in [2.75, 3.05) is 46.6 Å². The summed E-state index contributed by atoms with van der Waals surface area (Å²) in [6.45, 7) is 12.3. The van der Waals surface area contributed by atoms with E-state index in [0.717, 1.165) is 60.9 Å². The standard InChI is InChI=1S/C30H39N3O4S/c1-30(2,3)28-21-9-6-5-8-20(21)16-22(28)29(34)31-19-27-32-23-17-25(24(35-4)18-26(23)38-27)37-13-7-10-33-11-14-36-15-12-33/h5-6,8-9,17-18,22,28H,7,10-16,19H2,1-4H3,(H,31,34). The van der Waals surface area contributed by atoms with Gasteiger partial charge in [-0.3, -0.25) is 9.69 Å². The monoisotopic (exact) mass is 537 g/mol. The molecule has 3 aromatic rings. The molecular formula is C30H39N3O4S. The Labute approximate surface area is 229 Å². The lowest BCUT2D eigenvalue weighted by Crippen LogP contribution is -2.37. The molecule has 0 bridgehead atoms. The lowest BCUT2D eigenvalue weighted by atomic mass is 9.72. The summed E-state index contributed by atoms with van der Waals surface area (Å²) in [5, 5.41) is 4.07. The van der Waals surface area contributed by atoms with Crippen LogP contribution < -0.4 is 14.8 Å². The van der Waals surface area contributed by atoms with E-state index in [0.29, 0.717) is 24.7 Å². The molecule has 7 nitrogen and oxygen atoms in total. The van der Waals surface area contributed by atoms with E-state index in [1.54, 1.807) is 18.4 Å². The predicted molar refractivity (Wildman–Crippen MR) is 151 cm³/mol. The van der Waals surface area contributed by atoms with Gasteiger partial charge in [0.25, 0.3) is 0 Å². The normalized spacial score (nSPS) is 19.9. The second-order valence-electron chi connectivity index (χ2n) is 11.3. The number of carbonyl (C=O) groups excluding carboxylic acids is 1. The van der Waals surface area contributed by atoms with Gasteiger partial charge in [-0.2, -0.15) is 0 Å². The van der Waals surface area contributed by atoms with Crippen LogP contribution >= 0.6 is 11.3 Å². The Balaban J connectivity index is 1.21. The fraction of sp³-hybridized carbons (Fsp3) is 0.533. The van der Waals surface area contributed by atoms with Crippen molar-refractivity contribution in [2.45, 2.75) is 46.1 Å². The Hall–Kier alpha value is -2.68. The van der Waals surface area contributed by atoms with Gasteiger partial charge in [-0.25, -0.2) is 4.98 Å². The fourth-order valence-electron chi connectivity index (χ4n) is 5.83. The summed E-state index contributed by atoms with van der Waals surface area (Å²) in [5.74, 6) is 1.64. The maximum absolute atomic E-state index is 13.4. The molecule has 2 unspecified atom stereocenters. The largest absolute Gasteiger partial charge is 0.493 e. The first-order valence-electron chi connectivity index (χ1n) is 13.6. The van der Waals surface area contributed by atoms with Gasteiger partial charge in [0.15, 0.2) is 11.5 Å². The zero-order chi connectivity index (χ0) is 26.7. The number of methoxy groups -OCH3 is 1. The molecule has 1 N–H and O–H groups in total. The third kappa shape index (κ3) is 5.98. The summed E-state index contributed by atoms with van der Waals surface area (Å²) in [4.78, 5) is 20.6. The molecule has 38 heavy (non-hydrogen) atoms. The molecule has 8 heteroatoms. The van der Waals surface area contributed by atoms with Crippen molar-refractivity contribution in [3.63, 3.8) is 0 Å². The van der Waals surface area contributed by atoms with Crippen LogP contribution in [-0.2, 0) is 22.5 Å². The molecule has 1 amide bonds. The number of amides is 1. The number of ether oxygens (including phenoxy) is 3. The van der Waals surface area contributed by atoms with Crippen LogP contribution in [0, 0.1) is 11.3 Å². The van der Waals surface area contributed by atoms with Crippen molar-refractivity contribution < 1.29 is 19.0 Å². The van der Waals surface area contributed by atoms with Crippen molar-refractivity contribution in [3.05, 3.63) is 52.5 Å². The number of nitrogens with one attached hydrogen (secondary N) is 1. The van der Waals surface area contributed by atoms with Crippen LogP contribution in [0.4, 0.5) is 0 Å². The minimum atomic E-state index is -0.0701. The van der Waals surface area contributed by atoms with Crippen LogP contribution in [0.2, 0.25) is 0 Å². The maximum Gasteiger partial charge on any atom is 0.224 e. The van der Waals surface area contributed by atoms with E-state index in [1.807, 2.05) is 12.1 Å². The number of aromatic nitrogens is 1. The average molecular weight is 538 g/mol. The minimum Gasteiger partial charge on any atom is -0.493 e. The number of rotatable bonds is 9. The van der Waals surface area contributed by atoms with Crippen molar-refractivity contribution in [1.29, 1.82) is 0 Å². The minimum absolute atomic E-state index is 0.000376. The number of hydrogen-bond acceptors (Lipinski definition) is 7. The Morgan fingerprint density at radius 2 is 1.97 bits per heavy atom. The molecular weight excluding hydrogens is 498 g/mol. The van der Waals surface area contributed by atoms with Gasteiger partial charge in [0.05, 0.1) is 43.7 Å². The van der Waals surface area contributed by atoms with E-state index in [1.165, 1.54) is 11.1 Å². The molecule has 2 atom stereocenters. The smallest absolute Gasteiger partial charge is 0.224 e. The Morgan fingerprint density at radius 3 is 2.74 bits per heavy atom. The molecule has 1 aliphatic heterocycles. The predicted octanol–water partition coefficient (Wildman–Crippen LogP) is 5.02. The van der Waals surface area contributed by atoms with Crippen LogP contribution in [0.5, 0.6) is 11.5 Å². The number of morpholine rings is 1. The van der Waals surface area contributed by atoms with Gasteiger partial charge in [-0.05, 0) is 29.4 Å². The van der Waals surface area contributed by atoms with Crippen LogP contribution in [0.25, 0.3) is 10.2 Å². The molecule has 1 aromatic heterocycles. The first-order valence-corrected chi connectivity index (χ1v) is 14.4. The second kappa shape index (κ2) is 11.6. The molecule has 2 aromatic carbocycles. The quantitative estimate of drug-likeness (QED) is 0.386. The summed E-state index contributed by atoms with van der Waals surface area (Å²) in [6, 6.07) is 12.4. The van der Waals surface area contributed by atoms with Gasteiger partial charge in [-0.1, -0.05) is 45.0 Å². The number of carbonyl (C=O) groups is 1. The highest BCUT2D eigenvalue weighted by molar-refractivity contribution is 7.18. The van der Waals surface area contributed by atoms with Crippen molar-refractivity contribution in [3.8, 4) is 11.5 Å². The highest BCUT2D eigenvalue weighted by Crippen LogP contribution is 2.48. The summed E-state index contributed by atoms with van der Waals surface area (Å²) in [6.07, 6.45) is 1.73. The summed E-state index contributed by atoms with van der Waals surface area (Å²) in [5.41, 5.74) is 3.46. The van der Waals surface area contributed by atoms with Crippen LogP contribution in [0.15, 0.2) is 36.4 Å². The van der Waals surface area contributed by atoms with Gasteiger partial charge in [0, 0.05) is 43.6 Å². The van der Waals surface area contributed by atoms with E-state index in [4.69, 9.17) is 19.2 Å². The molecule has 1 aliphatic carbocycles. The van der Waals surface area contributed by atoms with E-state index in [2.05, 4.69) is 55.3 Å². The summed E-state index contributed by atoms with van der Waals surface area (Å²) < 4.78 is 18.1. The first kappa shape index (κ1) is 26.9. The van der Waals surface area contributed by atoms with Gasteiger partial charge >= 0.3 is 0 Å². The zero-order valence-corrected chi connectivity index (χ0v) is 23.7. The van der Waals surface area contributed by atoms with Crippen LogP contribution in [0.3, 0.4) is 0 Å². The highest BCUT2D eigenvalue weighted by atomic mass is 32.1. The lowest BCUT2D eigenvalue weighted by molar-refractivity contribution is -0.126. The molecule has 5 rings (SSSR count). The van der Waals surface area contributed by atoms with E-state index in [-0.39, 0.29) is 23.2 Å². The topological polar surface area (TPSA) is 72.9 Å². The average Bonchev–Trinajstić information content (AvgIpc) is 3.50. The van der Waals surface area contributed by atoms with Gasteiger partial charge < -0.3 is 19.5 Å². The SMILES string of the molecule is COc1cc2sc(CNC(=O)C3Cc4ccccc4C3C(C)(C)C)nc2cc1OCCCN1CCOCC1. The van der Waals surface area contributed by atoms with E-state index in [9.17, 15) is 4.79 Å². The number of benzene rings is 2. The highest BCUT2D eigenvalue weighted by Gasteiger charge is 2.43. The third-order valence-electron chi connectivity index (χ3n) is 7.61. The van der Waals surface area contributed by atoms with Crippen molar-refractivity contribution in [2.24, 2.45) is 11.3 Å². The van der Waals surface area contributed by atoms with Crippen LogP contribution in [-0.4, -0.2) is 62.4 Å². The molecule has 1 fully saturated rings. The number of fused-ring (bicyclic) bond motifs is 2. The Kier molecular flexibility index (Phi) is 8.21. The van der Waals surface area contributed by atoms with E-state index >= 15 is 0 Å². The Bertz CT molecular complexity index is 1260. The zero-order valence-electron chi connectivity index (χ0n) is 22.9. The lowest BCUT2D eigenvalue weighted by Gasteiger charge is -2.32.